The van der Waals surface area contributed by atoms with Crippen LogP contribution in [0.5, 0.6) is 0 Å². The summed E-state index contributed by atoms with van der Waals surface area (Å²) >= 11 is 0. The van der Waals surface area contributed by atoms with Gasteiger partial charge in [0.05, 0.1) is 5.69 Å². The van der Waals surface area contributed by atoms with Crippen LogP contribution in [0.1, 0.15) is 11.3 Å². The van der Waals surface area contributed by atoms with Crippen LogP contribution < -0.4 is 5.73 Å². The molecule has 14 heavy (non-hydrogen) atoms. The average Bonchev–Trinajstić information content (AvgIpc) is 2.54. The van der Waals surface area contributed by atoms with Gasteiger partial charge in [0.2, 0.25) is 0 Å². The summed E-state index contributed by atoms with van der Waals surface area (Å²) in [7, 11) is 0. The van der Waals surface area contributed by atoms with Crippen LogP contribution in [0.15, 0.2) is 36.4 Å². The van der Waals surface area contributed by atoms with Crippen molar-refractivity contribution >= 4 is 5.82 Å². The molecule has 68 valence electrons. The smallest absolute Gasteiger partial charge is 0.123 e. The molecule has 1 heterocycles. The Morgan fingerprint density at radius 3 is 2.79 bits per heavy atom. The predicted octanol–water partition coefficient (Wildman–Crippen LogP) is 2.24. The van der Waals surface area contributed by atoms with E-state index in [9.17, 15) is 0 Å². The molecule has 2 N–H and O–H groups in total. The number of pyridine rings is 1. The zero-order valence-corrected chi connectivity index (χ0v) is 7.70. The van der Waals surface area contributed by atoms with Crippen molar-refractivity contribution in [1.82, 2.24) is 4.98 Å². The summed E-state index contributed by atoms with van der Waals surface area (Å²) < 4.78 is 0. The largest absolute Gasteiger partial charge is 0.384 e. The first-order chi connectivity index (χ1) is 6.84. The molecule has 1 aliphatic rings. The van der Waals surface area contributed by atoms with Gasteiger partial charge in [0, 0.05) is 12.0 Å². The molecule has 1 aliphatic carbocycles. The van der Waals surface area contributed by atoms with Gasteiger partial charge in [0.15, 0.2) is 0 Å². The van der Waals surface area contributed by atoms with Gasteiger partial charge in [0.25, 0.3) is 0 Å². The van der Waals surface area contributed by atoms with Gasteiger partial charge >= 0.3 is 0 Å². The molecule has 1 aromatic carbocycles. The Balaban J connectivity index is 2.27. The third kappa shape index (κ3) is 0.940. The summed E-state index contributed by atoms with van der Waals surface area (Å²) in [5.41, 5.74) is 10.6. The Morgan fingerprint density at radius 2 is 1.86 bits per heavy atom. The number of aromatic nitrogens is 1. The van der Waals surface area contributed by atoms with E-state index >= 15 is 0 Å². The number of nitrogen functional groups attached to an aromatic ring is 1. The summed E-state index contributed by atoms with van der Waals surface area (Å²) in [5, 5.41) is 0. The Morgan fingerprint density at radius 1 is 1.00 bits per heavy atom. The fraction of sp³-hybridized carbons (Fsp3) is 0.0833. The molecule has 1 aromatic heterocycles. The van der Waals surface area contributed by atoms with Crippen LogP contribution in [-0.2, 0) is 6.42 Å². The molecule has 0 radical (unpaired) electrons. The van der Waals surface area contributed by atoms with Gasteiger partial charge < -0.3 is 5.73 Å². The molecule has 0 aliphatic heterocycles. The molecule has 2 heteroatoms. The zero-order chi connectivity index (χ0) is 9.54. The SMILES string of the molecule is Nc1ccc2c(n1)Cc1ccccc1-2. The molecule has 0 amide bonds. The molecule has 0 fully saturated rings. The minimum atomic E-state index is 0.608. The van der Waals surface area contributed by atoms with Gasteiger partial charge in [-0.25, -0.2) is 4.98 Å². The molecular formula is C12H10N2. The van der Waals surface area contributed by atoms with Crippen molar-refractivity contribution in [2.45, 2.75) is 6.42 Å². The quantitative estimate of drug-likeness (QED) is 0.579. The van der Waals surface area contributed by atoms with Crippen molar-refractivity contribution < 1.29 is 0 Å². The van der Waals surface area contributed by atoms with E-state index in [1.165, 1.54) is 16.7 Å². The molecule has 2 aromatic rings. The highest BCUT2D eigenvalue weighted by atomic mass is 14.8. The monoisotopic (exact) mass is 182 g/mol. The van der Waals surface area contributed by atoms with Crippen LogP contribution in [0.3, 0.4) is 0 Å². The van der Waals surface area contributed by atoms with Crippen molar-refractivity contribution in [2.75, 3.05) is 5.73 Å². The van der Waals surface area contributed by atoms with Crippen LogP contribution in [0.2, 0.25) is 0 Å². The molecule has 0 atom stereocenters. The lowest BCUT2D eigenvalue weighted by Gasteiger charge is -1.99. The van der Waals surface area contributed by atoms with Gasteiger partial charge in [-0.05, 0) is 23.3 Å². The van der Waals surface area contributed by atoms with Crippen LogP contribution in [0.25, 0.3) is 11.1 Å². The zero-order valence-electron chi connectivity index (χ0n) is 7.70. The minimum absolute atomic E-state index is 0.608. The lowest BCUT2D eigenvalue weighted by molar-refractivity contribution is 1.13. The first-order valence-corrected chi connectivity index (χ1v) is 4.68. The van der Waals surface area contributed by atoms with Gasteiger partial charge in [-0.1, -0.05) is 24.3 Å². The molecule has 2 nitrogen and oxygen atoms in total. The summed E-state index contributed by atoms with van der Waals surface area (Å²) in [6, 6.07) is 12.3. The Labute approximate surface area is 82.4 Å². The van der Waals surface area contributed by atoms with Crippen molar-refractivity contribution in [3.8, 4) is 11.1 Å². The Hall–Kier alpha value is -1.83. The van der Waals surface area contributed by atoms with Crippen molar-refractivity contribution in [2.24, 2.45) is 0 Å². The van der Waals surface area contributed by atoms with E-state index in [0.29, 0.717) is 5.82 Å². The lowest BCUT2D eigenvalue weighted by Crippen LogP contribution is -1.93. The van der Waals surface area contributed by atoms with Crippen molar-refractivity contribution in [1.29, 1.82) is 0 Å². The number of hydrogen-bond acceptors (Lipinski definition) is 2. The summed E-state index contributed by atoms with van der Waals surface area (Å²) in [6.07, 6.45) is 0.913. The molecular weight excluding hydrogens is 172 g/mol. The number of hydrogen-bond donors (Lipinski definition) is 1. The standard InChI is InChI=1S/C12H10N2/c13-12-6-5-10-9-4-2-1-3-8(9)7-11(10)14-12/h1-6H,7H2,(H2,13,14). The fourth-order valence-electron chi connectivity index (χ4n) is 2.02. The highest BCUT2D eigenvalue weighted by Gasteiger charge is 2.18. The van der Waals surface area contributed by atoms with Crippen LogP contribution in [-0.4, -0.2) is 4.98 Å². The number of nitrogens with two attached hydrogens (primary N) is 1. The normalized spacial score (nSPS) is 12.3. The first-order valence-electron chi connectivity index (χ1n) is 4.68. The second-order valence-corrected chi connectivity index (χ2v) is 3.56. The molecule has 0 saturated heterocycles. The summed E-state index contributed by atoms with van der Waals surface area (Å²) in [4.78, 5) is 4.35. The molecule has 0 bridgehead atoms. The third-order valence-electron chi connectivity index (χ3n) is 2.66. The molecule has 0 spiro atoms. The van der Waals surface area contributed by atoms with Gasteiger partial charge in [-0.2, -0.15) is 0 Å². The fourth-order valence-corrected chi connectivity index (χ4v) is 2.02. The van der Waals surface area contributed by atoms with E-state index in [0.717, 1.165) is 12.1 Å². The second-order valence-electron chi connectivity index (χ2n) is 3.56. The minimum Gasteiger partial charge on any atom is -0.384 e. The van der Waals surface area contributed by atoms with Gasteiger partial charge in [-0.3, -0.25) is 0 Å². The average molecular weight is 182 g/mol. The highest BCUT2D eigenvalue weighted by molar-refractivity contribution is 5.75. The summed E-state index contributed by atoms with van der Waals surface area (Å²) in [5.74, 6) is 0.608. The maximum Gasteiger partial charge on any atom is 0.123 e. The number of benzene rings is 1. The van der Waals surface area contributed by atoms with E-state index in [1.807, 2.05) is 6.07 Å². The van der Waals surface area contributed by atoms with Crippen molar-refractivity contribution in [3.05, 3.63) is 47.7 Å². The van der Waals surface area contributed by atoms with E-state index in [4.69, 9.17) is 5.73 Å². The number of fused-ring (bicyclic) bond motifs is 3. The van der Waals surface area contributed by atoms with E-state index in [2.05, 4.69) is 35.3 Å². The van der Waals surface area contributed by atoms with E-state index in [-0.39, 0.29) is 0 Å². The van der Waals surface area contributed by atoms with E-state index < -0.39 is 0 Å². The first kappa shape index (κ1) is 7.56. The topological polar surface area (TPSA) is 38.9 Å². The van der Waals surface area contributed by atoms with E-state index in [1.54, 1.807) is 0 Å². The Kier molecular flexibility index (Phi) is 1.39. The second kappa shape index (κ2) is 2.58. The molecule has 3 rings (SSSR count). The lowest BCUT2D eigenvalue weighted by atomic mass is 10.1. The van der Waals surface area contributed by atoms with Gasteiger partial charge in [-0.15, -0.1) is 0 Å². The number of nitrogens with zero attached hydrogens (tertiary/aromatic N) is 1. The van der Waals surface area contributed by atoms with Crippen LogP contribution in [0.4, 0.5) is 5.82 Å². The molecule has 0 unspecified atom stereocenters. The van der Waals surface area contributed by atoms with Gasteiger partial charge in [0.1, 0.15) is 5.82 Å². The van der Waals surface area contributed by atoms with Crippen LogP contribution >= 0.6 is 0 Å². The Bertz CT molecular complexity index is 503. The third-order valence-corrected chi connectivity index (χ3v) is 2.66. The molecule has 0 saturated carbocycles. The van der Waals surface area contributed by atoms with Crippen molar-refractivity contribution in [3.63, 3.8) is 0 Å². The highest BCUT2D eigenvalue weighted by Crippen LogP contribution is 2.35. The maximum atomic E-state index is 5.65. The summed E-state index contributed by atoms with van der Waals surface area (Å²) in [6.45, 7) is 0. The maximum absolute atomic E-state index is 5.65. The number of anilines is 1. The van der Waals surface area contributed by atoms with Crippen LogP contribution in [0, 0.1) is 0 Å². The predicted molar refractivity (Wildman–Crippen MR) is 56.9 cm³/mol. The number of rotatable bonds is 0.